The third-order valence-corrected chi connectivity index (χ3v) is 2.63. The first-order chi connectivity index (χ1) is 7.35. The van der Waals surface area contributed by atoms with Crippen molar-refractivity contribution in [2.75, 3.05) is 19.1 Å². The number of alkyl halides is 4. The van der Waals surface area contributed by atoms with Crippen molar-refractivity contribution in [3.05, 3.63) is 0 Å². The highest BCUT2D eigenvalue weighted by atomic mass is 35.5. The second kappa shape index (κ2) is 8.18. The lowest BCUT2D eigenvalue weighted by molar-refractivity contribution is -0.174. The second-order valence-electron chi connectivity index (χ2n) is 4.46. The zero-order chi connectivity index (χ0) is 12.6. The fraction of sp³-hybridized carbons (Fsp3) is 1.00. The number of hydrogen-bond acceptors (Lipinski definition) is 1. The zero-order valence-electron chi connectivity index (χ0n) is 9.82. The Kier molecular flexibility index (Phi) is 8.20. The molecule has 1 atom stereocenters. The van der Waals surface area contributed by atoms with Gasteiger partial charge >= 0.3 is 6.18 Å². The van der Waals surface area contributed by atoms with Crippen LogP contribution in [0.2, 0.25) is 0 Å². The molecule has 1 unspecified atom stereocenters. The monoisotopic (exact) mass is 260 g/mol. The molecule has 0 aliphatic carbocycles. The highest BCUT2D eigenvalue weighted by Crippen LogP contribution is 2.19. The molecule has 0 heterocycles. The van der Waals surface area contributed by atoms with Gasteiger partial charge in [-0.3, -0.25) is 0 Å². The van der Waals surface area contributed by atoms with Crippen molar-refractivity contribution < 1.29 is 17.9 Å². The largest absolute Gasteiger partial charge is 0.411 e. The van der Waals surface area contributed by atoms with Gasteiger partial charge < -0.3 is 4.74 Å². The quantitative estimate of drug-likeness (QED) is 0.468. The van der Waals surface area contributed by atoms with E-state index in [1.807, 2.05) is 0 Å². The minimum Gasteiger partial charge on any atom is -0.372 e. The van der Waals surface area contributed by atoms with E-state index in [9.17, 15) is 13.2 Å². The highest BCUT2D eigenvalue weighted by molar-refractivity contribution is 6.18. The molecule has 0 aromatic rings. The van der Waals surface area contributed by atoms with Gasteiger partial charge in [0.1, 0.15) is 6.61 Å². The van der Waals surface area contributed by atoms with E-state index in [0.717, 1.165) is 12.8 Å². The molecule has 16 heavy (non-hydrogen) atoms. The Balaban J connectivity index is 3.48. The van der Waals surface area contributed by atoms with E-state index < -0.39 is 12.8 Å². The van der Waals surface area contributed by atoms with Gasteiger partial charge in [-0.25, -0.2) is 0 Å². The van der Waals surface area contributed by atoms with E-state index in [0.29, 0.717) is 24.1 Å². The lowest BCUT2D eigenvalue weighted by atomic mass is 9.95. The molecule has 0 amide bonds. The summed E-state index contributed by atoms with van der Waals surface area (Å²) in [5.74, 6) is 1.52. The van der Waals surface area contributed by atoms with Crippen molar-refractivity contribution in [2.45, 2.75) is 39.3 Å². The first-order valence-corrected chi connectivity index (χ1v) is 6.09. The Bertz CT molecular complexity index is 171. The van der Waals surface area contributed by atoms with Gasteiger partial charge in [0.2, 0.25) is 0 Å². The van der Waals surface area contributed by atoms with Crippen LogP contribution in [0, 0.1) is 11.8 Å². The van der Waals surface area contributed by atoms with Crippen molar-refractivity contribution in [3.8, 4) is 0 Å². The molecule has 1 nitrogen and oxygen atoms in total. The summed E-state index contributed by atoms with van der Waals surface area (Å²) < 4.78 is 39.7. The predicted molar refractivity (Wildman–Crippen MR) is 59.8 cm³/mol. The number of hydrogen-bond donors (Lipinski definition) is 0. The van der Waals surface area contributed by atoms with Gasteiger partial charge in [0.05, 0.1) is 0 Å². The van der Waals surface area contributed by atoms with E-state index >= 15 is 0 Å². The molecule has 0 bridgehead atoms. The first-order valence-electron chi connectivity index (χ1n) is 5.55. The molecule has 0 fully saturated rings. The highest BCUT2D eigenvalue weighted by Gasteiger charge is 2.27. The minimum atomic E-state index is -4.22. The van der Waals surface area contributed by atoms with E-state index in [4.69, 9.17) is 11.6 Å². The lowest BCUT2D eigenvalue weighted by Gasteiger charge is -2.16. The van der Waals surface area contributed by atoms with E-state index in [2.05, 4.69) is 18.6 Å². The molecule has 0 rings (SSSR count). The molecule has 0 saturated heterocycles. The summed E-state index contributed by atoms with van der Waals surface area (Å²) in [6.07, 6.45) is -1.73. The Morgan fingerprint density at radius 1 is 1.25 bits per heavy atom. The predicted octanol–water partition coefficient (Wildman–Crippen LogP) is 4.25. The molecule has 98 valence electrons. The summed E-state index contributed by atoms with van der Waals surface area (Å²) in [5.41, 5.74) is 0. The number of halogens is 4. The van der Waals surface area contributed by atoms with Gasteiger partial charge in [-0.1, -0.05) is 13.8 Å². The topological polar surface area (TPSA) is 9.23 Å². The summed E-state index contributed by atoms with van der Waals surface area (Å²) in [5, 5.41) is 0. The zero-order valence-corrected chi connectivity index (χ0v) is 10.6. The smallest absolute Gasteiger partial charge is 0.372 e. The van der Waals surface area contributed by atoms with Gasteiger partial charge in [-0.2, -0.15) is 13.2 Å². The van der Waals surface area contributed by atoms with Crippen LogP contribution in [0.4, 0.5) is 13.2 Å². The van der Waals surface area contributed by atoms with Gasteiger partial charge in [-0.15, -0.1) is 11.6 Å². The van der Waals surface area contributed by atoms with Crippen LogP contribution in [0.1, 0.15) is 33.1 Å². The van der Waals surface area contributed by atoms with E-state index in [1.165, 1.54) is 0 Å². The van der Waals surface area contributed by atoms with Crippen molar-refractivity contribution in [3.63, 3.8) is 0 Å². The van der Waals surface area contributed by atoms with Crippen LogP contribution in [0.25, 0.3) is 0 Å². The molecule has 0 aliphatic rings. The van der Waals surface area contributed by atoms with Crippen LogP contribution >= 0.6 is 11.6 Å². The van der Waals surface area contributed by atoms with Crippen molar-refractivity contribution in [1.82, 2.24) is 0 Å². The summed E-state index contributed by atoms with van der Waals surface area (Å²) in [4.78, 5) is 0. The third-order valence-electron chi connectivity index (χ3n) is 2.19. The average molecular weight is 261 g/mol. The maximum atomic E-state index is 11.7. The van der Waals surface area contributed by atoms with Gasteiger partial charge in [0.25, 0.3) is 0 Å². The molecular formula is C11H20ClF3O. The molecule has 0 saturated carbocycles. The Labute approximate surface area is 100 Å². The molecule has 0 aromatic heterocycles. The standard InChI is InChI=1S/C11H20ClF3O/c1-9(2)6-10(7-12)4-3-5-16-8-11(13,14)15/h9-10H,3-8H2,1-2H3. The SMILES string of the molecule is CC(C)CC(CCl)CCCOCC(F)(F)F. The normalized spacial score (nSPS) is 14.4. The first kappa shape index (κ1) is 16.0. The molecule has 0 aliphatic heterocycles. The fourth-order valence-corrected chi connectivity index (χ4v) is 1.87. The van der Waals surface area contributed by atoms with Crippen molar-refractivity contribution in [2.24, 2.45) is 11.8 Å². The Morgan fingerprint density at radius 3 is 2.31 bits per heavy atom. The van der Waals surface area contributed by atoms with Crippen LogP contribution in [0.3, 0.4) is 0 Å². The van der Waals surface area contributed by atoms with Crippen LogP contribution in [-0.2, 0) is 4.74 Å². The average Bonchev–Trinajstić information content (AvgIpc) is 2.13. The maximum absolute atomic E-state index is 11.7. The summed E-state index contributed by atoms with van der Waals surface area (Å²) in [6, 6.07) is 0. The second-order valence-corrected chi connectivity index (χ2v) is 4.77. The van der Waals surface area contributed by atoms with Crippen molar-refractivity contribution in [1.29, 1.82) is 0 Å². The van der Waals surface area contributed by atoms with E-state index in [1.54, 1.807) is 0 Å². The van der Waals surface area contributed by atoms with Crippen LogP contribution in [-0.4, -0.2) is 25.3 Å². The van der Waals surface area contributed by atoms with Gasteiger partial charge in [0, 0.05) is 12.5 Å². The third kappa shape index (κ3) is 10.6. The summed E-state index contributed by atoms with van der Waals surface area (Å²) >= 11 is 5.78. The van der Waals surface area contributed by atoms with Crippen molar-refractivity contribution >= 4 is 11.6 Å². The molecule has 5 heteroatoms. The Morgan fingerprint density at radius 2 is 1.88 bits per heavy atom. The van der Waals surface area contributed by atoms with Gasteiger partial charge in [-0.05, 0) is 31.1 Å². The molecule has 0 spiro atoms. The Hall–Kier alpha value is 0.0400. The summed E-state index contributed by atoms with van der Waals surface area (Å²) in [7, 11) is 0. The number of rotatable bonds is 8. The lowest BCUT2D eigenvalue weighted by Crippen LogP contribution is -2.17. The van der Waals surface area contributed by atoms with Crippen LogP contribution in [0.15, 0.2) is 0 Å². The molecular weight excluding hydrogens is 241 g/mol. The fourth-order valence-electron chi connectivity index (χ4n) is 1.59. The number of ether oxygens (including phenoxy) is 1. The summed E-state index contributed by atoms with van der Waals surface area (Å²) in [6.45, 7) is 3.23. The van der Waals surface area contributed by atoms with E-state index in [-0.39, 0.29) is 6.61 Å². The molecule has 0 N–H and O–H groups in total. The van der Waals surface area contributed by atoms with Crippen LogP contribution < -0.4 is 0 Å². The molecule has 0 radical (unpaired) electrons. The van der Waals surface area contributed by atoms with Crippen LogP contribution in [0.5, 0.6) is 0 Å². The molecule has 0 aromatic carbocycles. The maximum Gasteiger partial charge on any atom is 0.411 e. The minimum absolute atomic E-state index is 0.158. The van der Waals surface area contributed by atoms with Gasteiger partial charge in [0.15, 0.2) is 0 Å².